The van der Waals surface area contributed by atoms with Crippen molar-refractivity contribution in [2.45, 2.75) is 30.5 Å². The van der Waals surface area contributed by atoms with Gasteiger partial charge in [0.2, 0.25) is 0 Å². The lowest BCUT2D eigenvalue weighted by atomic mass is 9.78. The van der Waals surface area contributed by atoms with Crippen molar-refractivity contribution < 1.29 is 26.4 Å². The fourth-order valence-electron chi connectivity index (χ4n) is 3.84. The molecule has 0 aliphatic rings. The monoisotopic (exact) mass is 585 g/mol. The normalized spacial score (nSPS) is 12.6. The third-order valence-corrected chi connectivity index (χ3v) is 8.96. The summed E-state index contributed by atoms with van der Waals surface area (Å²) in [5, 5.41) is 4.35. The maximum atomic E-state index is 13.0. The number of hydrogen-bond donors (Lipinski definition) is 1. The molecular formula is C26H20Cl2F3NO3S2. The van der Waals surface area contributed by atoms with Gasteiger partial charge in [0.25, 0.3) is 15.7 Å². The summed E-state index contributed by atoms with van der Waals surface area (Å²) >= 11 is 13.5. The Morgan fingerprint density at radius 1 is 0.892 bits per heavy atom. The average Bonchev–Trinajstić information content (AvgIpc) is 3.21. The van der Waals surface area contributed by atoms with Crippen LogP contribution in [0.25, 0.3) is 10.1 Å². The lowest BCUT2D eigenvalue weighted by molar-refractivity contribution is -0.0437. The van der Waals surface area contributed by atoms with Crippen molar-refractivity contribution in [3.63, 3.8) is 0 Å². The van der Waals surface area contributed by atoms with Crippen LogP contribution in [0.1, 0.15) is 40.2 Å². The zero-order valence-electron chi connectivity index (χ0n) is 19.5. The van der Waals surface area contributed by atoms with E-state index < -0.39 is 32.4 Å². The topological polar surface area (TPSA) is 63.2 Å². The SMILES string of the molecule is CC(C)(c1ccc(Cl)cc1)c1cc(Cl)cc(NC(=O)c2cc3cc(CS(=O)(=O)C(F)(F)F)ccc3s2)c1. The van der Waals surface area contributed by atoms with E-state index in [1.165, 1.54) is 24.3 Å². The summed E-state index contributed by atoms with van der Waals surface area (Å²) in [7, 11) is -5.31. The number of benzene rings is 3. The first-order valence-electron chi connectivity index (χ1n) is 10.9. The van der Waals surface area contributed by atoms with Gasteiger partial charge in [-0.2, -0.15) is 13.2 Å². The molecule has 4 rings (SSSR count). The molecule has 0 unspecified atom stereocenters. The van der Waals surface area contributed by atoms with E-state index >= 15 is 0 Å². The minimum Gasteiger partial charge on any atom is -0.321 e. The Morgan fingerprint density at radius 3 is 2.22 bits per heavy atom. The highest BCUT2D eigenvalue weighted by Gasteiger charge is 2.45. The number of rotatable bonds is 6. The summed E-state index contributed by atoms with van der Waals surface area (Å²) in [6, 6.07) is 18.4. The predicted octanol–water partition coefficient (Wildman–Crippen LogP) is 8.22. The van der Waals surface area contributed by atoms with Gasteiger partial charge in [0.1, 0.15) is 0 Å². The summed E-state index contributed by atoms with van der Waals surface area (Å²) in [6.45, 7) is 4.05. The molecule has 194 valence electrons. The second kappa shape index (κ2) is 9.94. The van der Waals surface area contributed by atoms with Gasteiger partial charge in [-0.3, -0.25) is 4.79 Å². The number of nitrogens with one attached hydrogen (secondary N) is 1. The van der Waals surface area contributed by atoms with Gasteiger partial charge in [0.05, 0.1) is 10.6 Å². The van der Waals surface area contributed by atoms with Gasteiger partial charge in [-0.05, 0) is 70.6 Å². The summed E-state index contributed by atoms with van der Waals surface area (Å²) < 4.78 is 61.9. The molecule has 0 saturated heterocycles. The second-order valence-corrected chi connectivity index (χ2v) is 12.9. The van der Waals surface area contributed by atoms with Crippen molar-refractivity contribution in [3.8, 4) is 0 Å². The molecule has 4 aromatic rings. The van der Waals surface area contributed by atoms with Crippen molar-refractivity contribution in [2.75, 3.05) is 5.32 Å². The number of carbonyl (C=O) groups is 1. The first-order valence-corrected chi connectivity index (χ1v) is 14.1. The molecule has 0 aliphatic heterocycles. The highest BCUT2D eigenvalue weighted by atomic mass is 35.5. The lowest BCUT2D eigenvalue weighted by Gasteiger charge is -2.27. The zero-order chi connectivity index (χ0) is 27.2. The van der Waals surface area contributed by atoms with Crippen molar-refractivity contribution >= 4 is 66.1 Å². The lowest BCUT2D eigenvalue weighted by Crippen LogP contribution is -2.24. The van der Waals surface area contributed by atoms with Crippen LogP contribution in [-0.2, 0) is 21.0 Å². The number of carbonyl (C=O) groups excluding carboxylic acids is 1. The van der Waals surface area contributed by atoms with Crippen LogP contribution in [-0.4, -0.2) is 19.8 Å². The Morgan fingerprint density at radius 2 is 1.57 bits per heavy atom. The minimum absolute atomic E-state index is 0.0153. The van der Waals surface area contributed by atoms with Gasteiger partial charge in [-0.15, -0.1) is 11.3 Å². The van der Waals surface area contributed by atoms with Crippen molar-refractivity contribution in [2.24, 2.45) is 0 Å². The maximum absolute atomic E-state index is 13.0. The summed E-state index contributed by atoms with van der Waals surface area (Å²) in [5.74, 6) is -1.60. The number of amides is 1. The molecule has 0 fully saturated rings. The first kappa shape index (κ1) is 27.4. The Hall–Kier alpha value is -2.59. The van der Waals surface area contributed by atoms with Crippen LogP contribution in [0.15, 0.2) is 66.7 Å². The third-order valence-electron chi connectivity index (χ3n) is 5.96. The number of hydrogen-bond acceptors (Lipinski definition) is 4. The van der Waals surface area contributed by atoms with Crippen LogP contribution in [0.2, 0.25) is 10.0 Å². The maximum Gasteiger partial charge on any atom is 0.497 e. The zero-order valence-corrected chi connectivity index (χ0v) is 22.6. The fraction of sp³-hybridized carbons (Fsp3) is 0.192. The van der Waals surface area contributed by atoms with E-state index in [-0.39, 0.29) is 5.56 Å². The molecule has 1 heterocycles. The van der Waals surface area contributed by atoms with Crippen molar-refractivity contribution in [1.29, 1.82) is 0 Å². The van der Waals surface area contributed by atoms with Gasteiger partial charge in [-0.25, -0.2) is 8.42 Å². The first-order chi connectivity index (χ1) is 17.2. The molecule has 0 saturated carbocycles. The average molecular weight is 586 g/mol. The quantitative estimate of drug-likeness (QED) is 0.248. The van der Waals surface area contributed by atoms with Crippen molar-refractivity contribution in [3.05, 3.63) is 98.3 Å². The number of halogens is 5. The third kappa shape index (κ3) is 5.95. The van der Waals surface area contributed by atoms with Crippen LogP contribution in [0, 0.1) is 0 Å². The fourth-order valence-corrected chi connectivity index (χ4v) is 5.93. The molecule has 3 aromatic carbocycles. The summed E-state index contributed by atoms with van der Waals surface area (Å²) in [4.78, 5) is 13.3. The highest BCUT2D eigenvalue weighted by Crippen LogP contribution is 2.36. The van der Waals surface area contributed by atoms with E-state index in [1.807, 2.05) is 38.1 Å². The van der Waals surface area contributed by atoms with Gasteiger partial charge >= 0.3 is 5.51 Å². The van der Waals surface area contributed by atoms with E-state index in [4.69, 9.17) is 23.2 Å². The molecule has 0 spiro atoms. The van der Waals surface area contributed by atoms with E-state index in [1.54, 1.807) is 18.2 Å². The number of fused-ring (bicyclic) bond motifs is 1. The summed E-state index contributed by atoms with van der Waals surface area (Å²) in [5.41, 5.74) is -3.45. The molecule has 0 atom stereocenters. The van der Waals surface area contributed by atoms with Gasteiger partial charge in [0, 0.05) is 25.8 Å². The van der Waals surface area contributed by atoms with E-state index in [2.05, 4.69) is 5.32 Å². The van der Waals surface area contributed by atoms with Crippen LogP contribution in [0.5, 0.6) is 0 Å². The second-order valence-electron chi connectivity index (χ2n) is 9.00. The molecule has 0 aliphatic carbocycles. The van der Waals surface area contributed by atoms with E-state index in [9.17, 15) is 26.4 Å². The van der Waals surface area contributed by atoms with Gasteiger partial charge in [0.15, 0.2) is 0 Å². The molecule has 0 radical (unpaired) electrons. The van der Waals surface area contributed by atoms with E-state index in [0.29, 0.717) is 30.7 Å². The minimum atomic E-state index is -5.33. The molecule has 0 bridgehead atoms. The number of thiophene rings is 1. The molecule has 1 amide bonds. The van der Waals surface area contributed by atoms with Gasteiger partial charge < -0.3 is 5.32 Å². The predicted molar refractivity (Wildman–Crippen MR) is 143 cm³/mol. The number of alkyl halides is 3. The Balaban J connectivity index is 1.58. The molecule has 37 heavy (non-hydrogen) atoms. The molecule has 1 N–H and O–H groups in total. The van der Waals surface area contributed by atoms with Crippen molar-refractivity contribution in [1.82, 2.24) is 0 Å². The van der Waals surface area contributed by atoms with Gasteiger partial charge in [-0.1, -0.05) is 55.2 Å². The van der Waals surface area contributed by atoms with Crippen LogP contribution in [0.4, 0.5) is 18.9 Å². The Kier molecular flexibility index (Phi) is 7.38. The largest absolute Gasteiger partial charge is 0.497 e. The Bertz CT molecular complexity index is 1600. The molecular weight excluding hydrogens is 566 g/mol. The van der Waals surface area contributed by atoms with E-state index in [0.717, 1.165) is 22.5 Å². The molecule has 1 aromatic heterocycles. The number of sulfone groups is 1. The van der Waals surface area contributed by atoms with Crippen LogP contribution in [0.3, 0.4) is 0 Å². The van der Waals surface area contributed by atoms with Crippen LogP contribution >= 0.6 is 34.5 Å². The van der Waals surface area contributed by atoms with Crippen LogP contribution < -0.4 is 5.32 Å². The Labute approximate surface area is 225 Å². The summed E-state index contributed by atoms with van der Waals surface area (Å²) in [6.07, 6.45) is 0. The standard InChI is InChI=1S/C26H20Cl2F3NO3S2/c1-25(2,17-4-6-19(27)7-5-17)18-11-20(28)13-21(12-18)32-24(33)23-10-16-9-15(3-8-22(16)36-23)14-37(34,35)26(29,30)31/h3-13H,14H2,1-2H3,(H,32,33). The molecule has 11 heteroatoms. The number of anilines is 1. The smallest absolute Gasteiger partial charge is 0.321 e. The molecule has 4 nitrogen and oxygen atoms in total. The highest BCUT2D eigenvalue weighted by molar-refractivity contribution is 7.91.